The lowest BCUT2D eigenvalue weighted by atomic mass is 9.44. The Morgan fingerprint density at radius 2 is 1.43 bits per heavy atom. The number of carbonyl (C=O) groups excluding carboxylic acids is 2. The molecule has 9 atom stereocenters. The number of amides is 2. The molecule has 264 valence electrons. The highest BCUT2D eigenvalue weighted by Crippen LogP contribution is 2.68. The Balaban J connectivity index is 1.03. The average Bonchev–Trinajstić information content (AvgIpc) is 3.40. The van der Waals surface area contributed by atoms with Crippen molar-refractivity contribution in [2.75, 3.05) is 10.6 Å². The summed E-state index contributed by atoms with van der Waals surface area (Å²) in [4.78, 5) is 30.1. The van der Waals surface area contributed by atoms with E-state index in [1.807, 2.05) is 6.07 Å². The zero-order valence-corrected chi connectivity index (χ0v) is 30.3. The highest BCUT2D eigenvalue weighted by atomic mass is 16.3. The Morgan fingerprint density at radius 3 is 2.13 bits per heavy atom. The number of fused-ring (bicyclic) bond motifs is 5. The molecule has 4 aliphatic rings. The number of aliphatic hydroxyl groups is 1. The molecule has 1 aromatic heterocycles. The second kappa shape index (κ2) is 16.6. The number of anilines is 2. The van der Waals surface area contributed by atoms with Crippen molar-refractivity contribution >= 4 is 23.5 Å². The number of unbranched alkanes of at least 4 members (excludes halogenated alkanes) is 8. The van der Waals surface area contributed by atoms with Gasteiger partial charge < -0.3 is 15.7 Å². The molecule has 0 unspecified atom stereocenters. The van der Waals surface area contributed by atoms with Crippen molar-refractivity contribution in [1.82, 2.24) is 4.98 Å². The van der Waals surface area contributed by atoms with Crippen LogP contribution in [0.3, 0.4) is 0 Å². The maximum absolute atomic E-state index is 13.1. The van der Waals surface area contributed by atoms with Gasteiger partial charge in [0, 0.05) is 12.8 Å². The van der Waals surface area contributed by atoms with Crippen LogP contribution in [0.4, 0.5) is 11.6 Å². The lowest BCUT2D eigenvalue weighted by molar-refractivity contribution is -0.129. The van der Waals surface area contributed by atoms with Crippen LogP contribution in [0.25, 0.3) is 0 Å². The third kappa shape index (κ3) is 8.81. The standard InChI is InChI=1S/C41H67N3O3/c1-5-6-7-8-9-10-11-12-13-17-38(46)43-36-15-14-16-37(42-36)44-39(47)23-18-29(2)33-21-22-34-32-20-19-30-28-31(45)24-26-40(30,3)35(32)25-27-41(33,34)4/h14-16,29-35,45H,5-13,17-28H2,1-4H3,(H2,42,43,44,46,47)/t29-,30-,31-,32+,33-,34+,35+,40+,41-/m1/s1. The Kier molecular flexibility index (Phi) is 12.9. The largest absolute Gasteiger partial charge is 0.393 e. The highest BCUT2D eigenvalue weighted by molar-refractivity contribution is 5.91. The molecular formula is C41H67N3O3. The fraction of sp³-hybridized carbons (Fsp3) is 0.829. The van der Waals surface area contributed by atoms with Gasteiger partial charge in [-0.05, 0) is 129 Å². The number of pyridine rings is 1. The van der Waals surface area contributed by atoms with Crippen LogP contribution in [-0.4, -0.2) is 28.0 Å². The maximum atomic E-state index is 13.1. The zero-order chi connectivity index (χ0) is 33.4. The minimum Gasteiger partial charge on any atom is -0.393 e. The molecule has 0 spiro atoms. The van der Waals surface area contributed by atoms with E-state index in [9.17, 15) is 14.7 Å². The summed E-state index contributed by atoms with van der Waals surface area (Å²) in [6.07, 6.45) is 24.1. The monoisotopic (exact) mass is 650 g/mol. The number of hydrogen-bond acceptors (Lipinski definition) is 4. The summed E-state index contributed by atoms with van der Waals surface area (Å²) in [6, 6.07) is 5.45. The average molecular weight is 650 g/mol. The Hall–Kier alpha value is -1.95. The number of nitrogens with zero attached hydrogens (tertiary/aromatic N) is 1. The second-order valence-electron chi connectivity index (χ2n) is 16.9. The third-order valence-electron chi connectivity index (χ3n) is 14.0. The Morgan fingerprint density at radius 1 is 0.809 bits per heavy atom. The number of aromatic nitrogens is 1. The molecule has 6 nitrogen and oxygen atoms in total. The fourth-order valence-electron chi connectivity index (χ4n) is 11.4. The number of hydrogen-bond donors (Lipinski definition) is 3. The molecule has 0 saturated heterocycles. The number of carbonyl (C=O) groups is 2. The van der Waals surface area contributed by atoms with Crippen LogP contribution < -0.4 is 10.6 Å². The van der Waals surface area contributed by atoms with Gasteiger partial charge >= 0.3 is 0 Å². The van der Waals surface area contributed by atoms with Crippen molar-refractivity contribution in [1.29, 1.82) is 0 Å². The van der Waals surface area contributed by atoms with Gasteiger partial charge in [-0.25, -0.2) is 4.98 Å². The summed E-state index contributed by atoms with van der Waals surface area (Å²) >= 11 is 0. The summed E-state index contributed by atoms with van der Waals surface area (Å²) in [7, 11) is 0. The van der Waals surface area contributed by atoms with Crippen LogP contribution in [0.15, 0.2) is 18.2 Å². The third-order valence-corrected chi connectivity index (χ3v) is 14.0. The molecule has 1 aromatic rings. The number of nitrogens with one attached hydrogen (secondary N) is 2. The summed E-state index contributed by atoms with van der Waals surface area (Å²) in [6.45, 7) is 9.81. The molecule has 1 heterocycles. The maximum Gasteiger partial charge on any atom is 0.225 e. The van der Waals surface area contributed by atoms with Gasteiger partial charge in [-0.15, -0.1) is 0 Å². The van der Waals surface area contributed by atoms with Crippen LogP contribution in [0, 0.1) is 46.3 Å². The summed E-state index contributed by atoms with van der Waals surface area (Å²) in [5, 5.41) is 16.3. The lowest BCUT2D eigenvalue weighted by Gasteiger charge is -2.61. The Bertz CT molecular complexity index is 1170. The highest BCUT2D eigenvalue weighted by Gasteiger charge is 2.60. The molecule has 47 heavy (non-hydrogen) atoms. The van der Waals surface area contributed by atoms with Gasteiger partial charge in [0.1, 0.15) is 11.6 Å². The van der Waals surface area contributed by atoms with E-state index < -0.39 is 0 Å². The smallest absolute Gasteiger partial charge is 0.225 e. The molecular weight excluding hydrogens is 582 g/mol. The molecule has 5 rings (SSSR count). The van der Waals surface area contributed by atoms with E-state index in [1.165, 1.54) is 89.9 Å². The van der Waals surface area contributed by atoms with Gasteiger partial charge in [-0.1, -0.05) is 85.1 Å². The van der Waals surface area contributed by atoms with Crippen molar-refractivity contribution in [3.63, 3.8) is 0 Å². The first-order chi connectivity index (χ1) is 22.6. The van der Waals surface area contributed by atoms with Gasteiger partial charge in [-0.3, -0.25) is 9.59 Å². The van der Waals surface area contributed by atoms with Crippen molar-refractivity contribution in [2.45, 2.75) is 169 Å². The van der Waals surface area contributed by atoms with Crippen LogP contribution in [-0.2, 0) is 9.59 Å². The molecule has 4 saturated carbocycles. The summed E-state index contributed by atoms with van der Waals surface area (Å²) < 4.78 is 0. The predicted octanol–water partition coefficient (Wildman–Crippen LogP) is 10.3. The molecule has 6 heteroatoms. The van der Waals surface area contributed by atoms with Gasteiger partial charge in [0.2, 0.25) is 11.8 Å². The van der Waals surface area contributed by atoms with Crippen LogP contribution in [0.2, 0.25) is 0 Å². The number of aliphatic hydroxyl groups excluding tert-OH is 1. The van der Waals surface area contributed by atoms with Gasteiger partial charge in [0.15, 0.2) is 0 Å². The van der Waals surface area contributed by atoms with E-state index >= 15 is 0 Å². The van der Waals surface area contributed by atoms with Crippen LogP contribution >= 0.6 is 0 Å². The van der Waals surface area contributed by atoms with Gasteiger partial charge in [-0.2, -0.15) is 0 Å². The SMILES string of the molecule is CCCCCCCCCCCC(=O)Nc1cccc(NC(=O)CC[C@@H](C)[C@H]2CC[C@H]3[C@@H]4CC[C@@H]5C[C@H](O)CC[C@]5(C)[C@H]4CC[C@]23C)n1. The van der Waals surface area contributed by atoms with E-state index in [1.54, 1.807) is 12.1 Å². The van der Waals surface area contributed by atoms with E-state index in [0.717, 1.165) is 49.9 Å². The molecule has 2 amide bonds. The molecule has 0 aromatic carbocycles. The molecule has 4 fully saturated rings. The summed E-state index contributed by atoms with van der Waals surface area (Å²) in [5.41, 5.74) is 0.809. The molecule has 0 bridgehead atoms. The second-order valence-corrected chi connectivity index (χ2v) is 16.9. The lowest BCUT2D eigenvalue weighted by Crippen LogP contribution is -2.54. The molecule has 4 aliphatic carbocycles. The van der Waals surface area contributed by atoms with Gasteiger partial charge in [0.25, 0.3) is 0 Å². The summed E-state index contributed by atoms with van der Waals surface area (Å²) in [5.74, 6) is 5.41. The fourth-order valence-corrected chi connectivity index (χ4v) is 11.4. The Labute approximate surface area is 286 Å². The van der Waals surface area contributed by atoms with Crippen LogP contribution in [0.5, 0.6) is 0 Å². The predicted molar refractivity (Wildman–Crippen MR) is 193 cm³/mol. The minimum atomic E-state index is -0.0767. The normalized spacial score (nSPS) is 33.7. The topological polar surface area (TPSA) is 91.3 Å². The quantitative estimate of drug-likeness (QED) is 0.155. The first-order valence-electron chi connectivity index (χ1n) is 19.9. The van der Waals surface area contributed by atoms with Crippen molar-refractivity contribution in [3.05, 3.63) is 18.2 Å². The van der Waals surface area contributed by atoms with E-state index in [0.29, 0.717) is 53.1 Å². The van der Waals surface area contributed by atoms with E-state index in [4.69, 9.17) is 0 Å². The molecule has 0 radical (unpaired) electrons. The van der Waals surface area contributed by atoms with E-state index in [2.05, 4.69) is 43.3 Å². The number of rotatable bonds is 16. The first kappa shape index (κ1) is 36.3. The van der Waals surface area contributed by atoms with Gasteiger partial charge in [0.05, 0.1) is 6.10 Å². The molecule has 3 N–H and O–H groups in total. The minimum absolute atomic E-state index is 0.00478. The zero-order valence-electron chi connectivity index (χ0n) is 30.3. The first-order valence-corrected chi connectivity index (χ1v) is 19.9. The van der Waals surface area contributed by atoms with E-state index in [-0.39, 0.29) is 17.9 Å². The van der Waals surface area contributed by atoms with Crippen LogP contribution in [0.1, 0.15) is 163 Å². The van der Waals surface area contributed by atoms with Crippen molar-refractivity contribution in [3.8, 4) is 0 Å². The van der Waals surface area contributed by atoms with Crippen molar-refractivity contribution in [2.24, 2.45) is 46.3 Å². The molecule has 0 aliphatic heterocycles. The van der Waals surface area contributed by atoms with Crippen molar-refractivity contribution < 1.29 is 14.7 Å².